The highest BCUT2D eigenvalue weighted by Crippen LogP contribution is 2.36. The first kappa shape index (κ1) is 25.9. The molecule has 0 spiro atoms. The first-order valence-corrected chi connectivity index (χ1v) is 13.8. The van der Waals surface area contributed by atoms with Gasteiger partial charge in [0.15, 0.2) is 0 Å². The third-order valence-electron chi connectivity index (χ3n) is 6.48. The van der Waals surface area contributed by atoms with Gasteiger partial charge in [-0.05, 0) is 28.3 Å². The first-order valence-electron chi connectivity index (χ1n) is 11.9. The van der Waals surface area contributed by atoms with Crippen LogP contribution in [0, 0.1) is 0 Å². The zero-order chi connectivity index (χ0) is 24.8. The number of hydrogen-bond donors (Lipinski definition) is 3. The molecule has 1 fully saturated rings. The molecule has 0 unspecified atom stereocenters. The molecule has 3 rings (SSSR count). The van der Waals surface area contributed by atoms with E-state index in [1.54, 1.807) is 0 Å². The summed E-state index contributed by atoms with van der Waals surface area (Å²) < 4.78 is 6.81. The van der Waals surface area contributed by atoms with Crippen molar-refractivity contribution in [3.8, 4) is 0 Å². The topological polar surface area (TPSA) is 99.1 Å². The number of amides is 2. The predicted molar refractivity (Wildman–Crippen MR) is 135 cm³/mol. The highest BCUT2D eigenvalue weighted by Gasteiger charge is 2.50. The van der Waals surface area contributed by atoms with E-state index in [9.17, 15) is 19.8 Å². The number of nitrogens with zero attached hydrogens (tertiary/aromatic N) is 1. The summed E-state index contributed by atoms with van der Waals surface area (Å²) >= 11 is 0. The fourth-order valence-corrected chi connectivity index (χ4v) is 9.42. The quantitative estimate of drug-likeness (QED) is 0.395. The van der Waals surface area contributed by atoms with Gasteiger partial charge in [0, 0.05) is 26.1 Å². The summed E-state index contributed by atoms with van der Waals surface area (Å²) in [4.78, 5) is 25.2. The molecular weight excluding hydrogens is 448 g/mol. The van der Waals surface area contributed by atoms with E-state index in [2.05, 4.69) is 50.4 Å². The number of carbonyl (C=O) groups excluding carboxylic acids is 1. The van der Waals surface area contributed by atoms with Crippen molar-refractivity contribution in [2.24, 2.45) is 0 Å². The van der Waals surface area contributed by atoms with E-state index >= 15 is 0 Å². The lowest BCUT2D eigenvalue weighted by molar-refractivity contribution is -0.128. The molecule has 1 heterocycles. The standard InChI is InChI=1S/C26H36N2O5Si/c1-26(2,3)34(21-11-6-4-7-12-21,22-13-8-5-9-14-22)33-18-10-16-27-24(30)23-19-20(29)15-17-28(23)25(31)32/h4-9,11-14,20,23,29H,10,15-19H2,1-3H3,(H,27,30)(H,31,32)/t20-,23+/m1/s1. The van der Waals surface area contributed by atoms with Crippen LogP contribution >= 0.6 is 0 Å². The molecule has 7 nitrogen and oxygen atoms in total. The number of hydrogen-bond acceptors (Lipinski definition) is 4. The third kappa shape index (κ3) is 5.68. The Kier molecular flexibility index (Phi) is 8.51. The second kappa shape index (κ2) is 11.2. The van der Waals surface area contributed by atoms with Crippen LogP contribution in [-0.2, 0) is 9.22 Å². The molecule has 184 valence electrons. The molecule has 1 aliphatic rings. The normalized spacial score (nSPS) is 19.0. The van der Waals surface area contributed by atoms with Crippen LogP contribution in [0.3, 0.4) is 0 Å². The zero-order valence-corrected chi connectivity index (χ0v) is 21.2. The summed E-state index contributed by atoms with van der Waals surface area (Å²) in [6.45, 7) is 7.65. The molecule has 0 radical (unpaired) electrons. The number of carboxylic acid groups (broad SMARTS) is 1. The van der Waals surface area contributed by atoms with Crippen molar-refractivity contribution < 1.29 is 24.2 Å². The lowest BCUT2D eigenvalue weighted by atomic mass is 9.99. The maximum Gasteiger partial charge on any atom is 0.407 e. The van der Waals surface area contributed by atoms with Crippen LogP contribution in [0.4, 0.5) is 4.79 Å². The van der Waals surface area contributed by atoms with E-state index in [4.69, 9.17) is 4.43 Å². The van der Waals surface area contributed by atoms with Gasteiger partial charge < -0.3 is 20.0 Å². The van der Waals surface area contributed by atoms with Gasteiger partial charge in [-0.1, -0.05) is 81.4 Å². The van der Waals surface area contributed by atoms with Gasteiger partial charge in [-0.2, -0.15) is 0 Å². The molecule has 2 aromatic carbocycles. The van der Waals surface area contributed by atoms with Gasteiger partial charge in [-0.15, -0.1) is 0 Å². The lowest BCUT2D eigenvalue weighted by Gasteiger charge is -2.43. The van der Waals surface area contributed by atoms with Crippen molar-refractivity contribution in [1.29, 1.82) is 0 Å². The Morgan fingerprint density at radius 1 is 1.06 bits per heavy atom. The highest BCUT2D eigenvalue weighted by molar-refractivity contribution is 6.99. The van der Waals surface area contributed by atoms with Crippen LogP contribution in [0.1, 0.15) is 40.0 Å². The third-order valence-corrected chi connectivity index (χ3v) is 11.5. The van der Waals surface area contributed by atoms with Crippen LogP contribution in [0.5, 0.6) is 0 Å². The van der Waals surface area contributed by atoms with Crippen molar-refractivity contribution in [3.05, 3.63) is 60.7 Å². The van der Waals surface area contributed by atoms with Crippen LogP contribution in [0.25, 0.3) is 0 Å². The Balaban J connectivity index is 1.69. The Bertz CT molecular complexity index is 909. The van der Waals surface area contributed by atoms with Gasteiger partial charge in [0.25, 0.3) is 8.32 Å². The minimum absolute atomic E-state index is 0.122. The lowest BCUT2D eigenvalue weighted by Crippen LogP contribution is -2.66. The summed E-state index contributed by atoms with van der Waals surface area (Å²) in [5, 5.41) is 24.4. The molecule has 0 aliphatic carbocycles. The Labute approximate surface area is 202 Å². The Morgan fingerprint density at radius 2 is 1.62 bits per heavy atom. The number of aliphatic hydroxyl groups excluding tert-OH is 1. The van der Waals surface area contributed by atoms with E-state index in [0.29, 0.717) is 26.0 Å². The number of aliphatic hydroxyl groups is 1. The van der Waals surface area contributed by atoms with Crippen molar-refractivity contribution in [3.63, 3.8) is 0 Å². The number of rotatable bonds is 8. The molecule has 2 amide bonds. The van der Waals surface area contributed by atoms with E-state index in [1.165, 1.54) is 10.4 Å². The largest absolute Gasteiger partial charge is 0.465 e. The second-order valence-corrected chi connectivity index (χ2v) is 14.1. The van der Waals surface area contributed by atoms with Crippen molar-refractivity contribution >= 4 is 30.7 Å². The van der Waals surface area contributed by atoms with E-state index in [0.717, 1.165) is 4.90 Å². The van der Waals surface area contributed by atoms with Gasteiger partial charge >= 0.3 is 6.09 Å². The van der Waals surface area contributed by atoms with Crippen LogP contribution in [-0.4, -0.2) is 67.3 Å². The molecule has 1 aliphatic heterocycles. The van der Waals surface area contributed by atoms with Crippen molar-refractivity contribution in [2.45, 2.75) is 57.2 Å². The molecule has 8 heteroatoms. The van der Waals surface area contributed by atoms with Gasteiger partial charge in [-0.25, -0.2) is 4.79 Å². The van der Waals surface area contributed by atoms with E-state index in [1.807, 2.05) is 36.4 Å². The fraction of sp³-hybridized carbons (Fsp3) is 0.462. The zero-order valence-electron chi connectivity index (χ0n) is 20.2. The monoisotopic (exact) mass is 484 g/mol. The average molecular weight is 485 g/mol. The number of benzene rings is 2. The maximum atomic E-state index is 12.7. The Morgan fingerprint density at radius 3 is 2.12 bits per heavy atom. The molecule has 0 saturated carbocycles. The molecule has 34 heavy (non-hydrogen) atoms. The maximum absolute atomic E-state index is 12.7. The number of carbonyl (C=O) groups is 2. The van der Waals surface area contributed by atoms with Gasteiger partial charge in [-0.3, -0.25) is 9.69 Å². The van der Waals surface area contributed by atoms with Crippen LogP contribution in [0.2, 0.25) is 5.04 Å². The minimum Gasteiger partial charge on any atom is -0.465 e. The summed E-state index contributed by atoms with van der Waals surface area (Å²) in [5.41, 5.74) is 0. The van der Waals surface area contributed by atoms with Gasteiger partial charge in [0.05, 0.1) is 6.10 Å². The molecular formula is C26H36N2O5Si. The molecule has 0 bridgehead atoms. The van der Waals surface area contributed by atoms with Crippen molar-refractivity contribution in [2.75, 3.05) is 19.7 Å². The second-order valence-electron chi connectivity index (χ2n) is 9.83. The molecule has 0 aromatic heterocycles. The van der Waals surface area contributed by atoms with Crippen molar-refractivity contribution in [1.82, 2.24) is 10.2 Å². The molecule has 3 N–H and O–H groups in total. The minimum atomic E-state index is -2.63. The van der Waals surface area contributed by atoms with Crippen LogP contribution < -0.4 is 15.7 Å². The highest BCUT2D eigenvalue weighted by atomic mass is 28.4. The summed E-state index contributed by atoms with van der Waals surface area (Å²) in [7, 11) is -2.63. The predicted octanol–water partition coefficient (Wildman–Crippen LogP) is 2.57. The number of likely N-dealkylation sites (tertiary alicyclic amines) is 1. The molecule has 2 atom stereocenters. The fourth-order valence-electron chi connectivity index (χ4n) is 4.81. The smallest absolute Gasteiger partial charge is 0.407 e. The molecule has 2 aromatic rings. The average Bonchev–Trinajstić information content (AvgIpc) is 2.81. The number of nitrogens with one attached hydrogen (secondary N) is 1. The Hall–Kier alpha value is -2.68. The van der Waals surface area contributed by atoms with E-state index in [-0.39, 0.29) is 23.9 Å². The summed E-state index contributed by atoms with van der Waals surface area (Å²) in [6, 6.07) is 19.9. The number of piperidine rings is 1. The van der Waals surface area contributed by atoms with Gasteiger partial charge in [0.2, 0.25) is 5.91 Å². The van der Waals surface area contributed by atoms with E-state index < -0.39 is 26.6 Å². The summed E-state index contributed by atoms with van der Waals surface area (Å²) in [6.07, 6.45) is -0.732. The summed E-state index contributed by atoms with van der Waals surface area (Å²) in [5.74, 6) is -0.369. The molecule has 1 saturated heterocycles. The van der Waals surface area contributed by atoms with Crippen LogP contribution in [0.15, 0.2) is 60.7 Å². The first-order chi connectivity index (χ1) is 16.2. The SMILES string of the molecule is CC(C)(C)[Si](OCCCNC(=O)[C@@H]1C[C@H](O)CCN1C(=O)O)(c1ccccc1)c1ccccc1. The van der Waals surface area contributed by atoms with Gasteiger partial charge in [0.1, 0.15) is 6.04 Å².